The number of rotatable bonds is 4. The molecule has 47 heavy (non-hydrogen) atoms. The minimum atomic E-state index is 0.581. The van der Waals surface area contributed by atoms with Crippen molar-refractivity contribution in [2.75, 3.05) is 0 Å². The molecule has 2 aromatic heterocycles. The second-order valence-corrected chi connectivity index (χ2v) is 11.9. The lowest BCUT2D eigenvalue weighted by Gasteiger charge is -2.15. The Bertz CT molecular complexity index is 2720. The Hall–Kier alpha value is -6.33. The van der Waals surface area contributed by atoms with Crippen LogP contribution >= 0.6 is 0 Å². The van der Waals surface area contributed by atoms with E-state index in [0.29, 0.717) is 23.2 Å². The van der Waals surface area contributed by atoms with Gasteiger partial charge in [-0.25, -0.2) is 15.0 Å². The molecule has 0 atom stereocenters. The highest BCUT2D eigenvalue weighted by Crippen LogP contribution is 2.40. The predicted molar refractivity (Wildman–Crippen MR) is 194 cm³/mol. The third kappa shape index (κ3) is 4.36. The number of furan rings is 1. The number of nitrogens with two attached hydrogens (primary N) is 1. The summed E-state index contributed by atoms with van der Waals surface area (Å²) in [6.45, 7) is 2.04. The molecule has 0 aliphatic rings. The lowest BCUT2D eigenvalue weighted by molar-refractivity contribution is 0.601. The third-order valence-corrected chi connectivity index (χ3v) is 9.11. The van der Waals surface area contributed by atoms with E-state index in [1.165, 1.54) is 17.0 Å². The van der Waals surface area contributed by atoms with E-state index in [1.54, 1.807) is 6.08 Å². The van der Waals surface area contributed by atoms with Crippen LogP contribution < -0.4 is 5.73 Å². The van der Waals surface area contributed by atoms with Gasteiger partial charge in [-0.05, 0) is 75.1 Å². The summed E-state index contributed by atoms with van der Waals surface area (Å²) in [6, 6.07) is 44.4. The van der Waals surface area contributed by atoms with Crippen molar-refractivity contribution < 1.29 is 4.42 Å². The number of hydrogen-bond acceptors (Lipinski definition) is 5. The number of aromatic nitrogens is 3. The van der Waals surface area contributed by atoms with E-state index in [1.807, 2.05) is 19.1 Å². The molecule has 0 saturated heterocycles. The van der Waals surface area contributed by atoms with Crippen LogP contribution in [0.5, 0.6) is 0 Å². The van der Waals surface area contributed by atoms with Gasteiger partial charge in [0.1, 0.15) is 11.3 Å². The minimum absolute atomic E-state index is 0.581. The summed E-state index contributed by atoms with van der Waals surface area (Å²) in [5.74, 6) is 2.52. The molecule has 9 aromatic rings. The zero-order valence-electron chi connectivity index (χ0n) is 25.6. The summed E-state index contributed by atoms with van der Waals surface area (Å²) < 4.78 is 6.20. The van der Waals surface area contributed by atoms with Gasteiger partial charge in [-0.15, -0.1) is 0 Å². The summed E-state index contributed by atoms with van der Waals surface area (Å²) in [4.78, 5) is 15.6. The van der Waals surface area contributed by atoms with E-state index >= 15 is 0 Å². The summed E-state index contributed by atoms with van der Waals surface area (Å²) in [7, 11) is 0. The van der Waals surface area contributed by atoms with Crippen LogP contribution in [0.15, 0.2) is 138 Å². The Morgan fingerprint density at radius 3 is 2.04 bits per heavy atom. The maximum absolute atomic E-state index is 6.20. The second-order valence-electron chi connectivity index (χ2n) is 11.9. The first kappa shape index (κ1) is 27.0. The SMILES string of the molecule is Cc1c(/C=C\N)oc2cccc(-c3nc(-c4ccc5ccccc5c4)nc(-c4cc5ccccc5c5ccc6ccccc6c45)n3)c12. The smallest absolute Gasteiger partial charge is 0.164 e. The number of hydrogen-bond donors (Lipinski definition) is 1. The van der Waals surface area contributed by atoms with Gasteiger partial charge in [-0.1, -0.05) is 109 Å². The summed E-state index contributed by atoms with van der Waals surface area (Å²) in [5.41, 5.74) is 10.3. The lowest BCUT2D eigenvalue weighted by atomic mass is 9.92. The quantitative estimate of drug-likeness (QED) is 0.202. The molecule has 0 bridgehead atoms. The van der Waals surface area contributed by atoms with Crippen molar-refractivity contribution in [1.29, 1.82) is 0 Å². The summed E-state index contributed by atoms with van der Waals surface area (Å²) in [5, 5.41) is 10.2. The number of nitrogens with zero attached hydrogens (tertiary/aromatic N) is 3. The molecule has 5 nitrogen and oxygen atoms in total. The Labute approximate surface area is 270 Å². The van der Waals surface area contributed by atoms with Crippen LogP contribution in [0.3, 0.4) is 0 Å². The van der Waals surface area contributed by atoms with Gasteiger partial charge in [0.25, 0.3) is 0 Å². The van der Waals surface area contributed by atoms with Gasteiger partial charge in [0.15, 0.2) is 17.5 Å². The first-order valence-electron chi connectivity index (χ1n) is 15.7. The Morgan fingerprint density at radius 2 is 1.21 bits per heavy atom. The topological polar surface area (TPSA) is 77.8 Å². The zero-order valence-corrected chi connectivity index (χ0v) is 25.6. The van der Waals surface area contributed by atoms with E-state index in [2.05, 4.69) is 115 Å². The van der Waals surface area contributed by atoms with Gasteiger partial charge < -0.3 is 10.2 Å². The second kappa shape index (κ2) is 10.6. The van der Waals surface area contributed by atoms with Crippen molar-refractivity contribution in [3.63, 3.8) is 0 Å². The molecule has 5 heteroatoms. The molecule has 0 radical (unpaired) electrons. The average Bonchev–Trinajstić information content (AvgIpc) is 3.45. The van der Waals surface area contributed by atoms with Crippen LogP contribution in [0.25, 0.3) is 94.3 Å². The largest absolute Gasteiger partial charge is 0.456 e. The van der Waals surface area contributed by atoms with Gasteiger partial charge in [-0.2, -0.15) is 0 Å². The Kier molecular flexibility index (Phi) is 6.12. The first-order valence-corrected chi connectivity index (χ1v) is 15.7. The normalized spacial score (nSPS) is 11.9. The van der Waals surface area contributed by atoms with E-state index in [4.69, 9.17) is 25.1 Å². The fraction of sp³-hybridized carbons (Fsp3) is 0.0238. The maximum atomic E-state index is 6.20. The van der Waals surface area contributed by atoms with Crippen molar-refractivity contribution >= 4 is 60.1 Å². The molecule has 0 amide bonds. The first-order chi connectivity index (χ1) is 23.2. The molecule has 0 spiro atoms. The highest BCUT2D eigenvalue weighted by Gasteiger charge is 2.20. The predicted octanol–water partition coefficient (Wildman–Crippen LogP) is 10.5. The molecular formula is C42H28N4O. The highest BCUT2D eigenvalue weighted by molar-refractivity contribution is 6.22. The van der Waals surface area contributed by atoms with E-state index in [0.717, 1.165) is 65.5 Å². The van der Waals surface area contributed by atoms with Gasteiger partial charge in [-0.3, -0.25) is 0 Å². The monoisotopic (exact) mass is 604 g/mol. The Morgan fingerprint density at radius 1 is 0.532 bits per heavy atom. The highest BCUT2D eigenvalue weighted by atomic mass is 16.3. The van der Waals surface area contributed by atoms with Gasteiger partial charge in [0.2, 0.25) is 0 Å². The molecule has 0 aliphatic carbocycles. The molecular weight excluding hydrogens is 576 g/mol. The van der Waals surface area contributed by atoms with E-state index < -0.39 is 0 Å². The van der Waals surface area contributed by atoms with Crippen molar-refractivity contribution in [2.24, 2.45) is 5.73 Å². The molecule has 2 heterocycles. The summed E-state index contributed by atoms with van der Waals surface area (Å²) >= 11 is 0. The number of aryl methyl sites for hydroxylation is 1. The molecule has 0 unspecified atom stereocenters. The van der Waals surface area contributed by atoms with Gasteiger partial charge in [0, 0.05) is 33.0 Å². The van der Waals surface area contributed by atoms with Gasteiger partial charge >= 0.3 is 0 Å². The van der Waals surface area contributed by atoms with Crippen LogP contribution in [-0.2, 0) is 0 Å². The summed E-state index contributed by atoms with van der Waals surface area (Å²) in [6.07, 6.45) is 3.28. The molecule has 2 N–H and O–H groups in total. The third-order valence-electron chi connectivity index (χ3n) is 9.11. The molecule has 222 valence electrons. The van der Waals surface area contributed by atoms with Crippen molar-refractivity contribution in [3.05, 3.63) is 145 Å². The number of benzene rings is 7. The van der Waals surface area contributed by atoms with Crippen molar-refractivity contribution in [3.8, 4) is 34.2 Å². The standard InChI is InChI=1S/C42H28N4O/c1-25-36(21-22-43)47-37-16-8-15-34(38(25)37)41-44-40(30-18-17-26-9-2-3-11-28(26)23-30)45-42(46-41)35-24-29-12-5-6-13-31(29)33-20-19-27-10-4-7-14-32(27)39(33)35/h2-24H,43H2,1H3/b22-21-. The molecule has 0 fully saturated rings. The van der Waals surface area contributed by atoms with Crippen LogP contribution in [0.4, 0.5) is 0 Å². The number of fused-ring (bicyclic) bond motifs is 7. The fourth-order valence-electron chi connectivity index (χ4n) is 6.89. The van der Waals surface area contributed by atoms with Crippen LogP contribution in [-0.4, -0.2) is 15.0 Å². The van der Waals surface area contributed by atoms with Gasteiger partial charge in [0.05, 0.1) is 0 Å². The molecule has 7 aromatic carbocycles. The zero-order chi connectivity index (χ0) is 31.5. The molecule has 9 rings (SSSR count). The Balaban J connectivity index is 1.40. The lowest BCUT2D eigenvalue weighted by Crippen LogP contribution is -2.01. The molecule has 0 aliphatic heterocycles. The van der Waals surface area contributed by atoms with Crippen molar-refractivity contribution in [2.45, 2.75) is 6.92 Å². The minimum Gasteiger partial charge on any atom is -0.456 e. The van der Waals surface area contributed by atoms with E-state index in [9.17, 15) is 0 Å². The van der Waals surface area contributed by atoms with Crippen LogP contribution in [0.1, 0.15) is 11.3 Å². The van der Waals surface area contributed by atoms with Crippen molar-refractivity contribution in [1.82, 2.24) is 15.0 Å². The van der Waals surface area contributed by atoms with Crippen LogP contribution in [0.2, 0.25) is 0 Å². The fourth-order valence-corrected chi connectivity index (χ4v) is 6.89. The molecule has 0 saturated carbocycles. The average molecular weight is 605 g/mol. The van der Waals surface area contributed by atoms with E-state index in [-0.39, 0.29) is 0 Å². The van der Waals surface area contributed by atoms with Crippen LogP contribution in [0, 0.1) is 6.92 Å². The maximum Gasteiger partial charge on any atom is 0.164 e.